The normalized spacial score (nSPS) is 9.44. The van der Waals surface area contributed by atoms with Gasteiger partial charge in [0.05, 0.1) is 0 Å². The van der Waals surface area contributed by atoms with Crippen LogP contribution in [0.25, 0.3) is 21.5 Å². The van der Waals surface area contributed by atoms with E-state index in [-0.39, 0.29) is 39.7 Å². The summed E-state index contributed by atoms with van der Waals surface area (Å²) < 4.78 is 0. The van der Waals surface area contributed by atoms with Crippen LogP contribution in [0, 0.1) is 28.7 Å². The number of hydrogen-bond acceptors (Lipinski definition) is 0. The minimum atomic E-state index is 0. The summed E-state index contributed by atoms with van der Waals surface area (Å²) in [6.45, 7) is 13.3. The number of rotatable bonds is 2. The standard InChI is InChI=1S/2C13H15.2CH3.2ClH.Si.Ti/c2*1-9(2)12-6-4-5-11-7-10(3)8-13(11)12;;;;;;/h2*4-9H,1-3H3;2*1H3;2*1H;;/q4*-1;;;;+2/p-2. The Morgan fingerprint density at radius 3 is 1.25 bits per heavy atom. The van der Waals surface area contributed by atoms with E-state index in [1.54, 1.807) is 19.2 Å². The van der Waals surface area contributed by atoms with Gasteiger partial charge in [0, 0.05) is 0 Å². The van der Waals surface area contributed by atoms with Crippen molar-refractivity contribution in [3.8, 4) is 0 Å². The Bertz CT molecular complexity index is 960. The van der Waals surface area contributed by atoms with Gasteiger partial charge in [-0.2, -0.15) is 12.1 Å². The Kier molecular flexibility index (Phi) is 18.7. The first-order valence-corrected chi connectivity index (χ1v) is 12.8. The average Bonchev–Trinajstić information content (AvgIpc) is 3.23. The Balaban J connectivity index is -0.000000437. The molecule has 4 heteroatoms. The molecule has 0 aromatic heterocycles. The van der Waals surface area contributed by atoms with E-state index in [1.165, 1.54) is 43.8 Å². The molecule has 0 unspecified atom stereocenters. The molecule has 2 radical (unpaired) electrons. The molecule has 0 nitrogen and oxygen atoms in total. The fraction of sp³-hybridized carbons (Fsp3) is 0.286. The maximum absolute atomic E-state index is 2.97. The summed E-state index contributed by atoms with van der Waals surface area (Å²) in [6, 6.07) is 22.2. The molecule has 4 aromatic carbocycles. The Hall–Kier alpha value is -0.829. The van der Waals surface area contributed by atoms with E-state index in [0.29, 0.717) is 11.8 Å². The Labute approximate surface area is 223 Å². The van der Waals surface area contributed by atoms with Crippen molar-refractivity contribution < 1.29 is 44.0 Å². The summed E-state index contributed by atoms with van der Waals surface area (Å²) in [5, 5.41) is 5.61. The van der Waals surface area contributed by atoms with Gasteiger partial charge in [-0.15, -0.1) is 69.1 Å². The van der Waals surface area contributed by atoms with E-state index in [4.69, 9.17) is 0 Å². The predicted molar refractivity (Wildman–Crippen MR) is 135 cm³/mol. The molecule has 0 spiro atoms. The molecular weight excluding hydrogens is 483 g/mol. The molecule has 32 heavy (non-hydrogen) atoms. The molecule has 0 saturated heterocycles. The van der Waals surface area contributed by atoms with Crippen molar-refractivity contribution in [2.45, 2.75) is 53.4 Å². The van der Waals surface area contributed by atoms with E-state index >= 15 is 0 Å². The van der Waals surface area contributed by atoms with Gasteiger partial charge in [-0.25, -0.2) is 0 Å². The van der Waals surface area contributed by atoms with Crippen LogP contribution in [0.4, 0.5) is 0 Å². The molecule has 0 heterocycles. The quantitative estimate of drug-likeness (QED) is 0.282. The molecule has 4 aromatic rings. The number of benzene rings is 2. The van der Waals surface area contributed by atoms with Gasteiger partial charge in [0.15, 0.2) is 0 Å². The van der Waals surface area contributed by atoms with Gasteiger partial charge in [-0.05, 0) is 11.8 Å². The third-order valence-electron chi connectivity index (χ3n) is 5.10. The fourth-order valence-corrected chi connectivity index (χ4v) is 3.82. The van der Waals surface area contributed by atoms with Gasteiger partial charge < -0.3 is 39.7 Å². The van der Waals surface area contributed by atoms with Crippen LogP contribution < -0.4 is 24.8 Å². The van der Waals surface area contributed by atoms with E-state index in [0.717, 1.165) is 0 Å². The molecule has 0 atom stereocenters. The number of aryl methyl sites for hydroxylation is 2. The van der Waals surface area contributed by atoms with Crippen LogP contribution in [0.15, 0.2) is 60.7 Å². The summed E-state index contributed by atoms with van der Waals surface area (Å²) in [7, 11) is 2.97. The maximum atomic E-state index is 2.97. The molecule has 174 valence electrons. The average molecular weight is 519 g/mol. The second-order valence-corrected chi connectivity index (χ2v) is 8.08. The van der Waals surface area contributed by atoms with Crippen LogP contribution in [0.1, 0.15) is 61.8 Å². The molecule has 0 bridgehead atoms. The zero-order chi connectivity index (χ0) is 20.8. The summed E-state index contributed by atoms with van der Waals surface area (Å²) in [6.07, 6.45) is 0. The van der Waals surface area contributed by atoms with Crippen LogP contribution in [0.5, 0.6) is 0 Å². The summed E-state index contributed by atoms with van der Waals surface area (Å²) in [5.74, 6) is 1.23. The van der Waals surface area contributed by atoms with E-state index < -0.39 is 0 Å². The van der Waals surface area contributed by atoms with Crippen LogP contribution in [-0.2, 0) is 19.2 Å². The number of fused-ring (bicyclic) bond motifs is 2. The first-order valence-electron chi connectivity index (χ1n) is 9.93. The Morgan fingerprint density at radius 2 is 0.969 bits per heavy atom. The first-order chi connectivity index (χ1) is 13.4. The van der Waals surface area contributed by atoms with Gasteiger partial charge in [0.1, 0.15) is 0 Å². The Morgan fingerprint density at radius 1 is 0.656 bits per heavy atom. The van der Waals surface area contributed by atoms with Gasteiger partial charge in [-0.3, -0.25) is 0 Å². The third-order valence-corrected chi connectivity index (χ3v) is 5.10. The van der Waals surface area contributed by atoms with Crippen molar-refractivity contribution in [2.75, 3.05) is 0 Å². The van der Waals surface area contributed by atoms with Gasteiger partial charge in [0.2, 0.25) is 0 Å². The molecular formula is C28H36Cl2SiTi-4. The van der Waals surface area contributed by atoms with Gasteiger partial charge >= 0.3 is 26.8 Å². The van der Waals surface area contributed by atoms with Gasteiger partial charge in [0.25, 0.3) is 0 Å². The zero-order valence-corrected chi connectivity index (χ0v) is 24.8. The summed E-state index contributed by atoms with van der Waals surface area (Å²) >= 11 is 1.81. The molecule has 0 aliphatic carbocycles. The van der Waals surface area contributed by atoms with Crippen molar-refractivity contribution in [3.05, 3.63) is 97.8 Å². The molecule has 0 aliphatic heterocycles. The zero-order valence-electron chi connectivity index (χ0n) is 20.7. The topological polar surface area (TPSA) is 0 Å². The van der Waals surface area contributed by atoms with E-state index in [9.17, 15) is 0 Å². The molecule has 4 rings (SSSR count). The van der Waals surface area contributed by atoms with Crippen LogP contribution >= 0.6 is 0 Å². The number of hydrogen-bond donors (Lipinski definition) is 0. The predicted octanol–water partition coefficient (Wildman–Crippen LogP) is 2.51. The SMILES string of the molecule is Cc1cc2c(C(C)C)cccc2[cH-]1.Cc1cc2c(C(C)C)cccc2[cH-]1.[CH3-].[CH3-].[Cl-].[Cl-].[Si]=[Ti+2]. The molecule has 0 saturated carbocycles. The second kappa shape index (κ2) is 16.7. The van der Waals surface area contributed by atoms with Crippen LogP contribution in [-0.4, -0.2) is 7.63 Å². The van der Waals surface area contributed by atoms with Crippen molar-refractivity contribution in [1.29, 1.82) is 0 Å². The minimum absolute atomic E-state index is 0. The van der Waals surface area contributed by atoms with Crippen molar-refractivity contribution in [2.24, 2.45) is 0 Å². The number of halogens is 2. The fourth-order valence-electron chi connectivity index (χ4n) is 3.82. The first kappa shape index (κ1) is 35.8. The van der Waals surface area contributed by atoms with Crippen LogP contribution in [0.2, 0.25) is 0 Å². The van der Waals surface area contributed by atoms with E-state index in [1.807, 2.05) is 0 Å². The molecule has 0 amide bonds. The van der Waals surface area contributed by atoms with Crippen molar-refractivity contribution >= 4 is 29.2 Å². The monoisotopic (exact) mass is 518 g/mol. The molecule has 0 N–H and O–H groups in total. The van der Waals surface area contributed by atoms with Gasteiger partial charge in [-0.1, -0.05) is 64.8 Å². The molecule has 0 aliphatic rings. The molecule has 0 fully saturated rings. The summed E-state index contributed by atoms with van der Waals surface area (Å²) in [4.78, 5) is 0. The van der Waals surface area contributed by atoms with Crippen LogP contribution in [0.3, 0.4) is 0 Å². The second-order valence-electron chi connectivity index (χ2n) is 8.08. The third kappa shape index (κ3) is 8.84. The van der Waals surface area contributed by atoms with E-state index in [2.05, 4.69) is 110 Å². The van der Waals surface area contributed by atoms with Crippen molar-refractivity contribution in [3.63, 3.8) is 0 Å². The van der Waals surface area contributed by atoms with Crippen molar-refractivity contribution in [1.82, 2.24) is 0 Å². The summed E-state index contributed by atoms with van der Waals surface area (Å²) in [5.41, 5.74) is 5.66.